The molecule has 0 radical (unpaired) electrons. The molecular formula is C14H14N4O2. The lowest BCUT2D eigenvalue weighted by Crippen LogP contribution is -2.39. The van der Waals surface area contributed by atoms with Crippen LogP contribution in [-0.4, -0.2) is 21.8 Å². The van der Waals surface area contributed by atoms with E-state index in [0.717, 1.165) is 11.1 Å². The largest absolute Gasteiger partial charge is 0.344 e. The Labute approximate surface area is 116 Å². The van der Waals surface area contributed by atoms with E-state index in [1.807, 2.05) is 0 Å². The summed E-state index contributed by atoms with van der Waals surface area (Å²) in [6.07, 6.45) is 6.52. The minimum absolute atomic E-state index is 0.296. The van der Waals surface area contributed by atoms with Gasteiger partial charge in [0.05, 0.1) is 0 Å². The number of nitrogens with zero attached hydrogens (tertiary/aromatic N) is 2. The summed E-state index contributed by atoms with van der Waals surface area (Å²) in [5.74, 6) is -1.31. The molecule has 0 saturated heterocycles. The lowest BCUT2D eigenvalue weighted by atomic mass is 10.2. The van der Waals surface area contributed by atoms with Crippen molar-refractivity contribution >= 4 is 11.8 Å². The normalized spacial score (nSPS) is 9.80. The lowest BCUT2D eigenvalue weighted by Gasteiger charge is -2.06. The van der Waals surface area contributed by atoms with E-state index in [-0.39, 0.29) is 0 Å². The summed E-state index contributed by atoms with van der Waals surface area (Å²) in [5, 5.41) is 5.09. The predicted octanol–water partition coefficient (Wildman–Crippen LogP) is 0.409. The van der Waals surface area contributed by atoms with Gasteiger partial charge in [0.2, 0.25) is 0 Å². The van der Waals surface area contributed by atoms with Crippen molar-refractivity contribution in [2.24, 2.45) is 0 Å². The Morgan fingerprint density at radius 2 is 1.10 bits per heavy atom. The second-order valence-electron chi connectivity index (χ2n) is 4.08. The molecule has 2 amide bonds. The van der Waals surface area contributed by atoms with E-state index in [0.29, 0.717) is 13.1 Å². The number of amides is 2. The molecule has 0 aliphatic rings. The van der Waals surface area contributed by atoms with Crippen LogP contribution in [-0.2, 0) is 22.7 Å². The first-order chi connectivity index (χ1) is 9.75. The summed E-state index contributed by atoms with van der Waals surface area (Å²) in [5.41, 5.74) is 1.77. The first kappa shape index (κ1) is 13.7. The van der Waals surface area contributed by atoms with E-state index < -0.39 is 11.8 Å². The number of hydrogen-bond donors (Lipinski definition) is 2. The SMILES string of the molecule is O=C(NCc1ccncc1)C(=O)NCc1ccncc1. The minimum Gasteiger partial charge on any atom is -0.344 e. The molecule has 0 aliphatic heterocycles. The van der Waals surface area contributed by atoms with E-state index in [1.54, 1.807) is 49.1 Å². The van der Waals surface area contributed by atoms with Crippen LogP contribution in [0.5, 0.6) is 0 Å². The number of nitrogens with one attached hydrogen (secondary N) is 2. The highest BCUT2D eigenvalue weighted by atomic mass is 16.2. The molecule has 2 aromatic rings. The van der Waals surface area contributed by atoms with Crippen LogP contribution in [0.4, 0.5) is 0 Å². The van der Waals surface area contributed by atoms with Crippen molar-refractivity contribution < 1.29 is 9.59 Å². The van der Waals surface area contributed by atoms with Crippen molar-refractivity contribution in [3.63, 3.8) is 0 Å². The Kier molecular flexibility index (Phi) is 4.77. The van der Waals surface area contributed by atoms with Gasteiger partial charge in [0.15, 0.2) is 0 Å². The maximum Gasteiger partial charge on any atom is 0.309 e. The van der Waals surface area contributed by atoms with Gasteiger partial charge in [0, 0.05) is 37.9 Å². The highest BCUT2D eigenvalue weighted by molar-refractivity contribution is 6.35. The molecule has 0 aliphatic carbocycles. The summed E-state index contributed by atoms with van der Waals surface area (Å²) >= 11 is 0. The third-order valence-corrected chi connectivity index (χ3v) is 2.61. The fourth-order valence-electron chi connectivity index (χ4n) is 1.53. The maximum absolute atomic E-state index is 11.6. The van der Waals surface area contributed by atoms with Gasteiger partial charge in [-0.3, -0.25) is 19.6 Å². The molecule has 0 aromatic carbocycles. The van der Waals surface area contributed by atoms with Gasteiger partial charge < -0.3 is 10.6 Å². The second kappa shape index (κ2) is 6.98. The van der Waals surface area contributed by atoms with E-state index in [1.165, 1.54) is 0 Å². The molecule has 20 heavy (non-hydrogen) atoms. The summed E-state index contributed by atoms with van der Waals surface area (Å²) in [6, 6.07) is 7.09. The Bertz CT molecular complexity index is 519. The lowest BCUT2D eigenvalue weighted by molar-refractivity contribution is -0.139. The van der Waals surface area contributed by atoms with Gasteiger partial charge in [-0.05, 0) is 35.4 Å². The highest BCUT2D eigenvalue weighted by Crippen LogP contribution is 1.96. The van der Waals surface area contributed by atoms with Gasteiger partial charge >= 0.3 is 11.8 Å². The molecule has 2 rings (SSSR count). The molecule has 0 saturated carbocycles. The third-order valence-electron chi connectivity index (χ3n) is 2.61. The van der Waals surface area contributed by atoms with Crippen molar-refractivity contribution in [1.82, 2.24) is 20.6 Å². The fraction of sp³-hybridized carbons (Fsp3) is 0.143. The van der Waals surface area contributed by atoms with Gasteiger partial charge in [0.1, 0.15) is 0 Å². The average Bonchev–Trinajstić information content (AvgIpc) is 2.52. The van der Waals surface area contributed by atoms with Gasteiger partial charge in [-0.2, -0.15) is 0 Å². The molecule has 2 heterocycles. The van der Waals surface area contributed by atoms with E-state index >= 15 is 0 Å². The molecule has 0 unspecified atom stereocenters. The number of carbonyl (C=O) groups excluding carboxylic acids is 2. The van der Waals surface area contributed by atoms with Crippen LogP contribution in [0.2, 0.25) is 0 Å². The Morgan fingerprint density at radius 1 is 0.750 bits per heavy atom. The van der Waals surface area contributed by atoms with E-state index in [2.05, 4.69) is 20.6 Å². The molecular weight excluding hydrogens is 256 g/mol. The molecule has 6 nitrogen and oxygen atoms in total. The molecule has 2 N–H and O–H groups in total. The van der Waals surface area contributed by atoms with Crippen LogP contribution in [0.1, 0.15) is 11.1 Å². The number of hydrogen-bond acceptors (Lipinski definition) is 4. The second-order valence-corrected chi connectivity index (χ2v) is 4.08. The topological polar surface area (TPSA) is 84.0 Å². The van der Waals surface area contributed by atoms with Gasteiger partial charge in [-0.25, -0.2) is 0 Å². The van der Waals surface area contributed by atoms with Crippen molar-refractivity contribution in [3.05, 3.63) is 60.2 Å². The first-order valence-electron chi connectivity index (χ1n) is 6.09. The molecule has 0 bridgehead atoms. The van der Waals surface area contributed by atoms with Gasteiger partial charge in [0.25, 0.3) is 0 Å². The summed E-state index contributed by atoms with van der Waals surface area (Å²) in [4.78, 5) is 30.9. The number of aromatic nitrogens is 2. The molecule has 0 atom stereocenters. The zero-order valence-electron chi connectivity index (χ0n) is 10.7. The zero-order chi connectivity index (χ0) is 14.2. The van der Waals surface area contributed by atoms with Crippen molar-refractivity contribution in [3.8, 4) is 0 Å². The number of carbonyl (C=O) groups is 2. The Morgan fingerprint density at radius 3 is 1.45 bits per heavy atom. The van der Waals surface area contributed by atoms with E-state index in [9.17, 15) is 9.59 Å². The monoisotopic (exact) mass is 270 g/mol. The average molecular weight is 270 g/mol. The summed E-state index contributed by atoms with van der Waals surface area (Å²) in [7, 11) is 0. The quantitative estimate of drug-likeness (QED) is 0.788. The van der Waals surface area contributed by atoms with Crippen LogP contribution in [0.3, 0.4) is 0 Å². The standard InChI is InChI=1S/C14H14N4O2/c19-13(17-9-11-1-5-15-6-2-11)14(20)18-10-12-3-7-16-8-4-12/h1-8H,9-10H2,(H,17,19)(H,18,20). The van der Waals surface area contributed by atoms with Crippen LogP contribution in [0.15, 0.2) is 49.1 Å². The van der Waals surface area contributed by atoms with Crippen LogP contribution >= 0.6 is 0 Å². The molecule has 0 fully saturated rings. The third kappa shape index (κ3) is 4.16. The smallest absolute Gasteiger partial charge is 0.309 e. The Balaban J connectivity index is 1.76. The first-order valence-corrected chi connectivity index (χ1v) is 6.09. The maximum atomic E-state index is 11.6. The summed E-state index contributed by atoms with van der Waals surface area (Å²) in [6.45, 7) is 0.591. The Hall–Kier alpha value is -2.76. The van der Waals surface area contributed by atoms with Crippen molar-refractivity contribution in [2.75, 3.05) is 0 Å². The minimum atomic E-state index is -0.657. The van der Waals surface area contributed by atoms with E-state index in [4.69, 9.17) is 0 Å². The molecule has 0 spiro atoms. The molecule has 102 valence electrons. The summed E-state index contributed by atoms with van der Waals surface area (Å²) < 4.78 is 0. The highest BCUT2D eigenvalue weighted by Gasteiger charge is 2.12. The molecule has 2 aromatic heterocycles. The van der Waals surface area contributed by atoms with Crippen molar-refractivity contribution in [1.29, 1.82) is 0 Å². The zero-order valence-corrected chi connectivity index (χ0v) is 10.7. The van der Waals surface area contributed by atoms with Crippen molar-refractivity contribution in [2.45, 2.75) is 13.1 Å². The van der Waals surface area contributed by atoms with Gasteiger partial charge in [-0.15, -0.1) is 0 Å². The van der Waals surface area contributed by atoms with Crippen LogP contribution < -0.4 is 10.6 Å². The van der Waals surface area contributed by atoms with Crippen LogP contribution in [0, 0.1) is 0 Å². The molecule has 6 heteroatoms. The van der Waals surface area contributed by atoms with Gasteiger partial charge in [-0.1, -0.05) is 0 Å². The van der Waals surface area contributed by atoms with Crippen LogP contribution in [0.25, 0.3) is 0 Å². The fourth-order valence-corrected chi connectivity index (χ4v) is 1.53. The number of pyridine rings is 2. The predicted molar refractivity (Wildman–Crippen MR) is 72.2 cm³/mol. The number of rotatable bonds is 4.